The highest BCUT2D eigenvalue weighted by Gasteiger charge is 2.27. The van der Waals surface area contributed by atoms with E-state index in [0.29, 0.717) is 17.3 Å². The van der Waals surface area contributed by atoms with Crippen LogP contribution in [0.4, 0.5) is 0 Å². The fourth-order valence-electron chi connectivity index (χ4n) is 3.28. The van der Waals surface area contributed by atoms with Crippen LogP contribution in [0.5, 0.6) is 0 Å². The molecule has 3 rings (SSSR count). The molecule has 1 heterocycles. The van der Waals surface area contributed by atoms with Crippen LogP contribution in [0.1, 0.15) is 31.9 Å². The molecular weight excluding hydrogens is 384 g/mol. The van der Waals surface area contributed by atoms with Crippen molar-refractivity contribution in [2.45, 2.75) is 38.8 Å². The minimum atomic E-state index is -1.40. The maximum absolute atomic E-state index is 13.0. The van der Waals surface area contributed by atoms with E-state index in [9.17, 15) is 19.5 Å². The molecule has 0 unspecified atom stereocenters. The van der Waals surface area contributed by atoms with Crippen LogP contribution in [0, 0.1) is 5.92 Å². The van der Waals surface area contributed by atoms with Gasteiger partial charge in [-0.3, -0.25) is 9.59 Å². The minimum Gasteiger partial charge on any atom is -0.548 e. The summed E-state index contributed by atoms with van der Waals surface area (Å²) in [7, 11) is 0. The standard InChI is InChI=1S/C22H24N4O4/c1-14(2)12-19(26-21(28)16-10-6-7-11-17(16)24-25-26)20(27)23-18(22(29)30)13-15-8-4-3-5-9-15/h3-11,14,18-19H,12-13H2,1-2H3,(H,23,27)(H,29,30)/p-1/t18-,19-/m0/s1. The second-order valence-electron chi connectivity index (χ2n) is 7.57. The van der Waals surface area contributed by atoms with Gasteiger partial charge in [0.1, 0.15) is 11.6 Å². The zero-order valence-corrected chi connectivity index (χ0v) is 16.8. The Morgan fingerprint density at radius 3 is 2.40 bits per heavy atom. The molecule has 0 spiro atoms. The summed E-state index contributed by atoms with van der Waals surface area (Å²) < 4.78 is 1.03. The van der Waals surface area contributed by atoms with E-state index in [-0.39, 0.29) is 12.3 Å². The monoisotopic (exact) mass is 407 g/mol. The van der Waals surface area contributed by atoms with Crippen LogP contribution in [0.25, 0.3) is 10.9 Å². The van der Waals surface area contributed by atoms with E-state index >= 15 is 0 Å². The van der Waals surface area contributed by atoms with Crippen molar-refractivity contribution in [1.29, 1.82) is 0 Å². The Kier molecular flexibility index (Phi) is 6.56. The van der Waals surface area contributed by atoms with E-state index in [1.54, 1.807) is 48.5 Å². The van der Waals surface area contributed by atoms with Crippen molar-refractivity contribution >= 4 is 22.8 Å². The summed E-state index contributed by atoms with van der Waals surface area (Å²) in [6.07, 6.45) is 0.367. The number of carbonyl (C=O) groups is 2. The number of hydrogen-bond acceptors (Lipinski definition) is 6. The van der Waals surface area contributed by atoms with Crippen LogP contribution in [-0.2, 0) is 16.0 Å². The number of carboxylic acid groups (broad SMARTS) is 1. The molecule has 0 saturated heterocycles. The van der Waals surface area contributed by atoms with Crippen molar-refractivity contribution < 1.29 is 14.7 Å². The van der Waals surface area contributed by atoms with Gasteiger partial charge in [-0.1, -0.05) is 61.5 Å². The number of nitrogens with zero attached hydrogens (tertiary/aromatic N) is 3. The van der Waals surface area contributed by atoms with Crippen LogP contribution < -0.4 is 16.0 Å². The molecule has 8 heteroatoms. The van der Waals surface area contributed by atoms with Crippen LogP contribution in [0.3, 0.4) is 0 Å². The van der Waals surface area contributed by atoms with Crippen molar-refractivity contribution in [2.24, 2.45) is 5.92 Å². The molecule has 1 aromatic heterocycles. The molecule has 156 valence electrons. The minimum absolute atomic E-state index is 0.0523. The lowest BCUT2D eigenvalue weighted by molar-refractivity contribution is -0.308. The topological polar surface area (TPSA) is 117 Å². The van der Waals surface area contributed by atoms with Gasteiger partial charge in [0.2, 0.25) is 5.91 Å². The quantitative estimate of drug-likeness (QED) is 0.592. The number of amides is 1. The Balaban J connectivity index is 1.91. The largest absolute Gasteiger partial charge is 0.548 e. The summed E-state index contributed by atoms with van der Waals surface area (Å²) in [5.74, 6) is -1.95. The van der Waals surface area contributed by atoms with Crippen molar-refractivity contribution in [3.8, 4) is 0 Å². The first kappa shape index (κ1) is 21.2. The molecule has 8 nitrogen and oxygen atoms in total. The molecule has 3 aromatic rings. The molecule has 0 aliphatic heterocycles. The predicted octanol–water partition coefficient (Wildman–Crippen LogP) is 0.856. The van der Waals surface area contributed by atoms with Crippen molar-refractivity contribution in [3.05, 3.63) is 70.5 Å². The fourth-order valence-corrected chi connectivity index (χ4v) is 3.28. The van der Waals surface area contributed by atoms with E-state index < -0.39 is 29.5 Å². The van der Waals surface area contributed by atoms with Gasteiger partial charge in [0.15, 0.2) is 0 Å². The molecule has 1 amide bonds. The second-order valence-corrected chi connectivity index (χ2v) is 7.57. The third kappa shape index (κ3) is 4.89. The number of rotatable bonds is 8. The van der Waals surface area contributed by atoms with Crippen molar-refractivity contribution in [2.75, 3.05) is 0 Å². The Bertz CT molecular complexity index is 1090. The number of carboxylic acids is 1. The van der Waals surface area contributed by atoms with Gasteiger partial charge in [-0.15, -0.1) is 5.10 Å². The number of fused-ring (bicyclic) bond motifs is 1. The first-order chi connectivity index (χ1) is 14.4. The van der Waals surface area contributed by atoms with Crippen LogP contribution in [0.15, 0.2) is 59.4 Å². The van der Waals surface area contributed by atoms with Gasteiger partial charge in [0.05, 0.1) is 17.4 Å². The average molecular weight is 407 g/mol. The lowest BCUT2D eigenvalue weighted by Gasteiger charge is -2.25. The normalized spacial score (nSPS) is 13.2. The van der Waals surface area contributed by atoms with Crippen LogP contribution in [-0.4, -0.2) is 32.9 Å². The summed E-state index contributed by atoms with van der Waals surface area (Å²) in [5, 5.41) is 22.5. The highest BCUT2D eigenvalue weighted by Crippen LogP contribution is 2.17. The molecule has 0 aliphatic rings. The summed E-state index contributed by atoms with van der Waals surface area (Å²) in [5.41, 5.74) is 0.726. The molecule has 2 atom stereocenters. The molecule has 0 bridgehead atoms. The first-order valence-corrected chi connectivity index (χ1v) is 9.76. The molecule has 0 saturated carbocycles. The van der Waals surface area contributed by atoms with Gasteiger partial charge in [0.25, 0.3) is 5.56 Å². The zero-order chi connectivity index (χ0) is 21.7. The van der Waals surface area contributed by atoms with E-state index in [0.717, 1.165) is 10.2 Å². The third-order valence-corrected chi connectivity index (χ3v) is 4.77. The number of hydrogen-bond donors (Lipinski definition) is 1. The van der Waals surface area contributed by atoms with Crippen LogP contribution >= 0.6 is 0 Å². The second kappa shape index (κ2) is 9.30. The zero-order valence-electron chi connectivity index (χ0n) is 16.8. The Hall–Kier alpha value is -3.55. The van der Waals surface area contributed by atoms with Gasteiger partial charge in [-0.05, 0) is 36.5 Å². The molecular formula is C22H23N4O4-. The lowest BCUT2D eigenvalue weighted by atomic mass is 10.0. The molecule has 0 radical (unpaired) electrons. The molecule has 2 aromatic carbocycles. The van der Waals surface area contributed by atoms with E-state index in [4.69, 9.17) is 0 Å². The van der Waals surface area contributed by atoms with Gasteiger partial charge in [0, 0.05) is 0 Å². The summed E-state index contributed by atoms with van der Waals surface area (Å²) in [6.45, 7) is 3.81. The predicted molar refractivity (Wildman–Crippen MR) is 109 cm³/mol. The first-order valence-electron chi connectivity index (χ1n) is 9.76. The van der Waals surface area contributed by atoms with E-state index in [2.05, 4.69) is 15.6 Å². The van der Waals surface area contributed by atoms with Crippen molar-refractivity contribution in [3.63, 3.8) is 0 Å². The molecule has 0 aliphatic carbocycles. The fraction of sp³-hybridized carbons (Fsp3) is 0.318. The highest BCUT2D eigenvalue weighted by molar-refractivity contribution is 5.86. The average Bonchev–Trinajstić information content (AvgIpc) is 2.73. The number of benzene rings is 2. The van der Waals surface area contributed by atoms with Gasteiger partial charge in [-0.2, -0.15) is 4.68 Å². The molecule has 30 heavy (non-hydrogen) atoms. The lowest BCUT2D eigenvalue weighted by Crippen LogP contribution is -2.52. The Morgan fingerprint density at radius 1 is 1.07 bits per heavy atom. The summed E-state index contributed by atoms with van der Waals surface area (Å²) in [6, 6.07) is 13.4. The smallest absolute Gasteiger partial charge is 0.278 e. The number of aromatic nitrogens is 3. The van der Waals surface area contributed by atoms with E-state index in [1.807, 2.05) is 19.9 Å². The summed E-state index contributed by atoms with van der Waals surface area (Å²) in [4.78, 5) is 37.6. The van der Waals surface area contributed by atoms with Gasteiger partial charge in [-0.25, -0.2) is 0 Å². The third-order valence-electron chi connectivity index (χ3n) is 4.77. The number of aliphatic carboxylic acids is 1. The van der Waals surface area contributed by atoms with Gasteiger partial charge < -0.3 is 15.2 Å². The van der Waals surface area contributed by atoms with Crippen LogP contribution in [0.2, 0.25) is 0 Å². The maximum atomic E-state index is 13.0. The molecule has 0 fully saturated rings. The van der Waals surface area contributed by atoms with Crippen molar-refractivity contribution in [1.82, 2.24) is 20.3 Å². The van der Waals surface area contributed by atoms with Gasteiger partial charge >= 0.3 is 0 Å². The SMILES string of the molecule is CC(C)C[C@@H](C(=O)N[C@@H](Cc1ccccc1)C(=O)[O-])n1nnc2ccccc2c1=O. The Morgan fingerprint density at radius 2 is 1.73 bits per heavy atom. The Labute approximate surface area is 173 Å². The number of carbonyl (C=O) groups excluding carboxylic acids is 2. The summed E-state index contributed by atoms with van der Waals surface area (Å²) >= 11 is 0. The highest BCUT2D eigenvalue weighted by atomic mass is 16.4. The van der Waals surface area contributed by atoms with E-state index in [1.165, 1.54) is 0 Å². The number of nitrogens with one attached hydrogen (secondary N) is 1. The maximum Gasteiger partial charge on any atom is 0.278 e. The molecule has 1 N–H and O–H groups in total.